The van der Waals surface area contributed by atoms with E-state index in [1.54, 1.807) is 22.3 Å². The highest BCUT2D eigenvalue weighted by Gasteiger charge is 2.21. The van der Waals surface area contributed by atoms with E-state index < -0.39 is 0 Å². The van der Waals surface area contributed by atoms with E-state index in [2.05, 4.69) is 52.8 Å². The molecule has 0 aliphatic heterocycles. The Morgan fingerprint density at radius 2 is 2.00 bits per heavy atom. The van der Waals surface area contributed by atoms with Crippen LogP contribution in [0.5, 0.6) is 0 Å². The first kappa shape index (κ1) is 15.4. The van der Waals surface area contributed by atoms with E-state index in [0.717, 1.165) is 5.92 Å². The average Bonchev–Trinajstić information content (AvgIpc) is 2.37. The molecule has 1 aromatic carbocycles. The molecule has 1 atom stereocenters. The molecule has 0 nitrogen and oxygen atoms in total. The van der Waals surface area contributed by atoms with Crippen molar-refractivity contribution in [2.45, 2.75) is 72.6 Å². The molecule has 110 valence electrons. The van der Waals surface area contributed by atoms with Crippen molar-refractivity contribution < 1.29 is 0 Å². The molecule has 0 spiro atoms. The largest absolute Gasteiger partial charge is 0.0856 e. The van der Waals surface area contributed by atoms with Gasteiger partial charge < -0.3 is 0 Å². The first-order valence-corrected chi connectivity index (χ1v) is 8.26. The van der Waals surface area contributed by atoms with E-state index in [4.69, 9.17) is 0 Å². The Hall–Kier alpha value is -1.04. The fourth-order valence-electron chi connectivity index (χ4n) is 3.44. The molecule has 1 aromatic rings. The van der Waals surface area contributed by atoms with E-state index >= 15 is 0 Å². The number of benzene rings is 1. The molecular formula is C20H30. The van der Waals surface area contributed by atoms with Crippen molar-refractivity contribution in [1.29, 1.82) is 0 Å². The molecule has 0 heteroatoms. The van der Waals surface area contributed by atoms with Crippen LogP contribution in [0.1, 0.15) is 75.6 Å². The van der Waals surface area contributed by atoms with Crippen molar-refractivity contribution >= 4 is 0 Å². The van der Waals surface area contributed by atoms with Crippen molar-refractivity contribution in [2.75, 3.05) is 0 Å². The lowest BCUT2D eigenvalue weighted by atomic mass is 9.77. The van der Waals surface area contributed by atoms with Crippen LogP contribution in [0.4, 0.5) is 0 Å². The summed E-state index contributed by atoms with van der Waals surface area (Å²) in [7, 11) is 0. The summed E-state index contributed by atoms with van der Waals surface area (Å²) in [5.41, 5.74) is 8.02. The van der Waals surface area contributed by atoms with Gasteiger partial charge in [0.25, 0.3) is 0 Å². The minimum Gasteiger partial charge on any atom is -0.0856 e. The van der Waals surface area contributed by atoms with Gasteiger partial charge in [0.15, 0.2) is 0 Å². The van der Waals surface area contributed by atoms with Crippen LogP contribution in [-0.4, -0.2) is 0 Å². The summed E-state index contributed by atoms with van der Waals surface area (Å²) in [6, 6.07) is 4.81. The van der Waals surface area contributed by atoms with Gasteiger partial charge in [0.1, 0.15) is 0 Å². The van der Waals surface area contributed by atoms with E-state index in [0.29, 0.717) is 5.92 Å². The van der Waals surface area contributed by atoms with Crippen LogP contribution < -0.4 is 0 Å². The van der Waals surface area contributed by atoms with Gasteiger partial charge in [0, 0.05) is 0 Å². The van der Waals surface area contributed by atoms with Gasteiger partial charge in [0.2, 0.25) is 0 Å². The van der Waals surface area contributed by atoms with Crippen molar-refractivity contribution in [2.24, 2.45) is 5.92 Å². The standard InChI is InChI=1S/C20H30/c1-14(2)7-6-8-17-10-12-18(15(3)4)20-13-16(5)9-11-19(17)20/h7,10,12,15-16H,6,8-9,11,13H2,1-5H3. The molecule has 1 aliphatic rings. The summed E-state index contributed by atoms with van der Waals surface area (Å²) in [6.07, 6.45) is 8.71. The maximum Gasteiger partial charge on any atom is -0.0216 e. The summed E-state index contributed by atoms with van der Waals surface area (Å²) < 4.78 is 0. The first-order valence-electron chi connectivity index (χ1n) is 8.26. The number of allylic oxidation sites excluding steroid dienone is 2. The quantitative estimate of drug-likeness (QED) is 0.603. The number of aryl methyl sites for hydroxylation is 1. The van der Waals surface area contributed by atoms with Gasteiger partial charge in [-0.15, -0.1) is 0 Å². The van der Waals surface area contributed by atoms with E-state index in [9.17, 15) is 0 Å². The smallest absolute Gasteiger partial charge is 0.0216 e. The second-order valence-electron chi connectivity index (χ2n) is 7.09. The summed E-state index contributed by atoms with van der Waals surface area (Å²) in [5, 5.41) is 0. The van der Waals surface area contributed by atoms with Gasteiger partial charge >= 0.3 is 0 Å². The third kappa shape index (κ3) is 3.53. The van der Waals surface area contributed by atoms with Crippen LogP contribution in [-0.2, 0) is 19.3 Å². The van der Waals surface area contributed by atoms with Gasteiger partial charge in [-0.25, -0.2) is 0 Å². The van der Waals surface area contributed by atoms with Gasteiger partial charge in [-0.05, 0) is 80.0 Å². The molecule has 1 unspecified atom stereocenters. The molecule has 0 heterocycles. The highest BCUT2D eigenvalue weighted by Crippen LogP contribution is 2.34. The lowest BCUT2D eigenvalue weighted by Gasteiger charge is -2.28. The molecule has 0 saturated carbocycles. The molecule has 2 rings (SSSR count). The van der Waals surface area contributed by atoms with Crippen LogP contribution in [0.3, 0.4) is 0 Å². The van der Waals surface area contributed by atoms with Crippen LogP contribution in [0, 0.1) is 5.92 Å². The molecule has 0 aromatic heterocycles. The van der Waals surface area contributed by atoms with Crippen LogP contribution in [0.25, 0.3) is 0 Å². The van der Waals surface area contributed by atoms with E-state index in [-0.39, 0.29) is 0 Å². The minimum absolute atomic E-state index is 0.654. The maximum atomic E-state index is 2.41. The molecule has 0 N–H and O–H groups in total. The van der Waals surface area contributed by atoms with Gasteiger partial charge in [-0.2, -0.15) is 0 Å². The molecule has 0 amide bonds. The fraction of sp³-hybridized carbons (Fsp3) is 0.600. The Kier molecular flexibility index (Phi) is 5.07. The lowest BCUT2D eigenvalue weighted by molar-refractivity contribution is 0.494. The lowest BCUT2D eigenvalue weighted by Crippen LogP contribution is -2.16. The number of fused-ring (bicyclic) bond motifs is 1. The third-order valence-electron chi connectivity index (χ3n) is 4.59. The average molecular weight is 270 g/mol. The van der Waals surface area contributed by atoms with Crippen molar-refractivity contribution in [3.63, 3.8) is 0 Å². The van der Waals surface area contributed by atoms with Crippen LogP contribution >= 0.6 is 0 Å². The Morgan fingerprint density at radius 3 is 2.65 bits per heavy atom. The number of hydrogen-bond donors (Lipinski definition) is 0. The monoisotopic (exact) mass is 270 g/mol. The predicted molar refractivity (Wildman–Crippen MR) is 89.5 cm³/mol. The maximum absolute atomic E-state index is 2.41. The minimum atomic E-state index is 0.654. The molecule has 0 saturated heterocycles. The molecule has 1 aliphatic carbocycles. The van der Waals surface area contributed by atoms with E-state index in [1.807, 2.05) is 0 Å². The zero-order valence-corrected chi connectivity index (χ0v) is 13.9. The Labute approximate surface area is 125 Å². The second kappa shape index (κ2) is 6.61. The molecule has 20 heavy (non-hydrogen) atoms. The Balaban J connectivity index is 2.30. The molecule has 0 radical (unpaired) electrons. The zero-order chi connectivity index (χ0) is 14.7. The summed E-state index contributed by atoms with van der Waals surface area (Å²) in [6.45, 7) is 11.5. The predicted octanol–water partition coefficient (Wildman–Crippen LogP) is 5.83. The number of hydrogen-bond acceptors (Lipinski definition) is 0. The summed E-state index contributed by atoms with van der Waals surface area (Å²) in [5.74, 6) is 1.51. The SMILES string of the molecule is CC(C)=CCCc1ccc(C(C)C)c2c1CCC(C)C2. The topological polar surface area (TPSA) is 0 Å². The van der Waals surface area contributed by atoms with Crippen molar-refractivity contribution in [3.05, 3.63) is 46.0 Å². The molecule has 0 fully saturated rings. The second-order valence-corrected chi connectivity index (χ2v) is 7.09. The third-order valence-corrected chi connectivity index (χ3v) is 4.59. The molecular weight excluding hydrogens is 240 g/mol. The highest BCUT2D eigenvalue weighted by molar-refractivity contribution is 5.44. The normalized spacial score (nSPS) is 18.0. The van der Waals surface area contributed by atoms with E-state index in [1.165, 1.54) is 37.7 Å². The summed E-state index contributed by atoms with van der Waals surface area (Å²) >= 11 is 0. The number of rotatable bonds is 4. The first-order chi connectivity index (χ1) is 9.49. The molecule has 0 bridgehead atoms. The van der Waals surface area contributed by atoms with Crippen LogP contribution in [0.2, 0.25) is 0 Å². The Bertz CT molecular complexity index is 487. The van der Waals surface area contributed by atoms with Gasteiger partial charge in [-0.1, -0.05) is 44.6 Å². The van der Waals surface area contributed by atoms with Crippen molar-refractivity contribution in [3.8, 4) is 0 Å². The highest BCUT2D eigenvalue weighted by atomic mass is 14.3. The van der Waals surface area contributed by atoms with Crippen LogP contribution in [0.15, 0.2) is 23.8 Å². The van der Waals surface area contributed by atoms with Gasteiger partial charge in [-0.3, -0.25) is 0 Å². The zero-order valence-electron chi connectivity index (χ0n) is 13.9. The fourth-order valence-corrected chi connectivity index (χ4v) is 3.44. The Morgan fingerprint density at radius 1 is 1.25 bits per heavy atom. The summed E-state index contributed by atoms with van der Waals surface area (Å²) in [4.78, 5) is 0. The van der Waals surface area contributed by atoms with Gasteiger partial charge in [0.05, 0.1) is 0 Å². The van der Waals surface area contributed by atoms with Crippen molar-refractivity contribution in [1.82, 2.24) is 0 Å².